The topological polar surface area (TPSA) is 46.2 Å². The number of unbranched alkanes of at least 4 members (excludes halogenated alkanes) is 15. The Hall–Kier alpha value is -0.860. The molecule has 2 fully saturated rings. The summed E-state index contributed by atoms with van der Waals surface area (Å²) in [5.41, 5.74) is -0.342. The Morgan fingerprint density at radius 2 is 1.21 bits per heavy atom. The Balaban J connectivity index is 1.39. The summed E-state index contributed by atoms with van der Waals surface area (Å²) in [6.07, 6.45) is 26.9. The minimum atomic E-state index is -0.342. The predicted molar refractivity (Wildman–Crippen MR) is 122 cm³/mol. The van der Waals surface area contributed by atoms with Crippen LogP contribution in [-0.2, 0) is 9.59 Å². The summed E-state index contributed by atoms with van der Waals surface area (Å²) in [5, 5.41) is 2.63. The van der Waals surface area contributed by atoms with E-state index in [1.165, 1.54) is 96.3 Å². The Labute approximate surface area is 180 Å². The molecule has 1 N–H and O–H groups in total. The maximum absolute atomic E-state index is 12.4. The van der Waals surface area contributed by atoms with Gasteiger partial charge < -0.3 is 0 Å². The molecule has 2 unspecified atom stereocenters. The molecule has 0 spiro atoms. The van der Waals surface area contributed by atoms with E-state index in [1.54, 1.807) is 0 Å². The van der Waals surface area contributed by atoms with Gasteiger partial charge in [-0.05, 0) is 19.3 Å². The highest BCUT2D eigenvalue weighted by Crippen LogP contribution is 2.48. The van der Waals surface area contributed by atoms with Gasteiger partial charge in [0.2, 0.25) is 11.8 Å². The first-order valence-electron chi connectivity index (χ1n) is 13.1. The highest BCUT2D eigenvalue weighted by molar-refractivity contribution is 6.07. The van der Waals surface area contributed by atoms with Crippen LogP contribution in [0.25, 0.3) is 0 Å². The molecular formula is C26H47NO2. The van der Waals surface area contributed by atoms with E-state index in [-0.39, 0.29) is 23.1 Å². The van der Waals surface area contributed by atoms with Crippen molar-refractivity contribution in [3.8, 4) is 0 Å². The van der Waals surface area contributed by atoms with Crippen molar-refractivity contribution >= 4 is 11.8 Å². The van der Waals surface area contributed by atoms with Gasteiger partial charge in [-0.3, -0.25) is 14.9 Å². The zero-order valence-electron chi connectivity index (χ0n) is 19.2. The molecule has 3 nitrogen and oxygen atoms in total. The molecule has 1 saturated carbocycles. The second kappa shape index (κ2) is 14.2. The number of fused-ring (bicyclic) bond motifs is 1. The maximum atomic E-state index is 12.4. The molecule has 0 aromatic carbocycles. The molecule has 0 aromatic heterocycles. The fourth-order valence-corrected chi connectivity index (χ4v) is 5.62. The average molecular weight is 406 g/mol. The number of imide groups is 1. The van der Waals surface area contributed by atoms with Crippen molar-refractivity contribution in [2.24, 2.45) is 11.3 Å². The smallest absolute Gasteiger partial charge is 0.233 e. The molecule has 0 bridgehead atoms. The molecule has 2 atom stereocenters. The Kier molecular flexibility index (Phi) is 12.0. The van der Waals surface area contributed by atoms with Gasteiger partial charge in [0.25, 0.3) is 0 Å². The molecule has 0 radical (unpaired) electrons. The van der Waals surface area contributed by atoms with Crippen molar-refractivity contribution in [3.05, 3.63) is 0 Å². The normalized spacial score (nSPS) is 24.0. The third kappa shape index (κ3) is 8.06. The van der Waals surface area contributed by atoms with Crippen molar-refractivity contribution in [3.63, 3.8) is 0 Å². The molecule has 2 rings (SSSR count). The van der Waals surface area contributed by atoms with Gasteiger partial charge in [-0.2, -0.15) is 0 Å². The lowest BCUT2D eigenvalue weighted by Crippen LogP contribution is -2.37. The number of carbonyl (C=O) groups is 2. The third-order valence-corrected chi connectivity index (χ3v) is 7.51. The van der Waals surface area contributed by atoms with E-state index in [0.717, 1.165) is 38.5 Å². The fourth-order valence-electron chi connectivity index (χ4n) is 5.62. The quantitative estimate of drug-likeness (QED) is 0.201. The van der Waals surface area contributed by atoms with Gasteiger partial charge in [0.1, 0.15) is 0 Å². The summed E-state index contributed by atoms with van der Waals surface area (Å²) in [7, 11) is 0. The first-order chi connectivity index (χ1) is 14.2. The summed E-state index contributed by atoms with van der Waals surface area (Å²) in [6.45, 7) is 2.28. The van der Waals surface area contributed by atoms with Crippen LogP contribution in [0.1, 0.15) is 142 Å². The van der Waals surface area contributed by atoms with Crippen molar-refractivity contribution in [2.75, 3.05) is 0 Å². The predicted octanol–water partition coefficient (Wildman–Crippen LogP) is 7.47. The zero-order chi connectivity index (χ0) is 20.8. The SMILES string of the molecule is CCCCCCCCCCCCCCCCCCC12CCCCC1C(=O)NC2=O. The molecule has 3 heteroatoms. The number of nitrogens with one attached hydrogen (secondary N) is 1. The Morgan fingerprint density at radius 1 is 0.724 bits per heavy atom. The molecule has 1 aliphatic heterocycles. The van der Waals surface area contributed by atoms with Crippen LogP contribution in [-0.4, -0.2) is 11.8 Å². The minimum Gasteiger partial charge on any atom is -0.296 e. The summed E-state index contributed by atoms with van der Waals surface area (Å²) in [6, 6.07) is 0. The van der Waals surface area contributed by atoms with Crippen molar-refractivity contribution in [2.45, 2.75) is 142 Å². The van der Waals surface area contributed by atoms with Crippen LogP contribution in [0.15, 0.2) is 0 Å². The van der Waals surface area contributed by atoms with Crippen LogP contribution in [0, 0.1) is 11.3 Å². The molecule has 29 heavy (non-hydrogen) atoms. The summed E-state index contributed by atoms with van der Waals surface area (Å²) in [4.78, 5) is 24.5. The van der Waals surface area contributed by atoms with Crippen molar-refractivity contribution in [1.82, 2.24) is 5.32 Å². The van der Waals surface area contributed by atoms with Gasteiger partial charge in [-0.25, -0.2) is 0 Å². The highest BCUT2D eigenvalue weighted by Gasteiger charge is 2.54. The molecular weight excluding hydrogens is 358 g/mol. The van der Waals surface area contributed by atoms with Crippen LogP contribution in [0.3, 0.4) is 0 Å². The largest absolute Gasteiger partial charge is 0.296 e. The number of rotatable bonds is 17. The van der Waals surface area contributed by atoms with E-state index in [2.05, 4.69) is 12.2 Å². The van der Waals surface area contributed by atoms with Gasteiger partial charge in [0.15, 0.2) is 0 Å². The molecule has 1 aliphatic carbocycles. The summed E-state index contributed by atoms with van der Waals surface area (Å²) >= 11 is 0. The van der Waals surface area contributed by atoms with Gasteiger partial charge in [0.05, 0.1) is 11.3 Å². The first-order valence-corrected chi connectivity index (χ1v) is 13.1. The van der Waals surface area contributed by atoms with Crippen LogP contribution < -0.4 is 5.32 Å². The molecule has 1 heterocycles. The molecule has 0 aromatic rings. The monoisotopic (exact) mass is 405 g/mol. The molecule has 1 saturated heterocycles. The van der Waals surface area contributed by atoms with Crippen molar-refractivity contribution < 1.29 is 9.59 Å². The first kappa shape index (κ1) is 24.4. The highest BCUT2D eigenvalue weighted by atomic mass is 16.2. The van der Waals surface area contributed by atoms with Crippen LogP contribution in [0.4, 0.5) is 0 Å². The summed E-state index contributed by atoms with van der Waals surface area (Å²) < 4.78 is 0. The second-order valence-electron chi connectivity index (χ2n) is 9.83. The van der Waals surface area contributed by atoms with Gasteiger partial charge in [0, 0.05) is 0 Å². The van der Waals surface area contributed by atoms with E-state index < -0.39 is 0 Å². The van der Waals surface area contributed by atoms with Gasteiger partial charge in [-0.1, -0.05) is 122 Å². The van der Waals surface area contributed by atoms with Crippen LogP contribution in [0.5, 0.6) is 0 Å². The van der Waals surface area contributed by atoms with Crippen molar-refractivity contribution in [1.29, 1.82) is 0 Å². The standard InChI is InChI=1S/C26H47NO2/c1-2-3-4-5-6-7-8-9-10-11-12-13-14-15-16-18-21-26-22-19-17-20-23(26)24(28)27-25(26)29/h23H,2-22H2,1H3,(H,27,28,29). The van der Waals surface area contributed by atoms with E-state index in [9.17, 15) is 9.59 Å². The maximum Gasteiger partial charge on any atom is 0.233 e. The Bertz CT molecular complexity index is 475. The number of hydrogen-bond acceptors (Lipinski definition) is 2. The van der Waals surface area contributed by atoms with E-state index >= 15 is 0 Å². The zero-order valence-corrected chi connectivity index (χ0v) is 19.2. The fraction of sp³-hybridized carbons (Fsp3) is 0.923. The van der Waals surface area contributed by atoms with Gasteiger partial charge in [-0.15, -0.1) is 0 Å². The second-order valence-corrected chi connectivity index (χ2v) is 9.83. The molecule has 2 aliphatic rings. The van der Waals surface area contributed by atoms with Crippen LogP contribution in [0.2, 0.25) is 0 Å². The number of carbonyl (C=O) groups excluding carboxylic acids is 2. The van der Waals surface area contributed by atoms with E-state index in [4.69, 9.17) is 0 Å². The number of hydrogen-bond donors (Lipinski definition) is 1. The van der Waals surface area contributed by atoms with E-state index in [0.29, 0.717) is 0 Å². The lowest BCUT2D eigenvalue weighted by molar-refractivity contribution is -0.131. The third-order valence-electron chi connectivity index (χ3n) is 7.51. The number of amides is 2. The lowest BCUT2D eigenvalue weighted by Gasteiger charge is -2.35. The van der Waals surface area contributed by atoms with E-state index in [1.807, 2.05) is 0 Å². The van der Waals surface area contributed by atoms with Gasteiger partial charge >= 0.3 is 0 Å². The molecule has 168 valence electrons. The average Bonchev–Trinajstić information content (AvgIpc) is 2.98. The summed E-state index contributed by atoms with van der Waals surface area (Å²) in [5.74, 6) is 0.0134. The minimum absolute atomic E-state index is 0.00573. The van der Waals surface area contributed by atoms with Crippen LogP contribution >= 0.6 is 0 Å². The Morgan fingerprint density at radius 3 is 1.72 bits per heavy atom. The molecule has 2 amide bonds. The lowest BCUT2D eigenvalue weighted by atomic mass is 9.65.